The van der Waals surface area contributed by atoms with E-state index in [4.69, 9.17) is 0 Å². The lowest BCUT2D eigenvalue weighted by molar-refractivity contribution is 0.0467. The molecule has 1 fully saturated rings. The third-order valence-corrected chi connectivity index (χ3v) is 6.80. The minimum Gasteiger partial charge on any atom is -0.393 e. The summed E-state index contributed by atoms with van der Waals surface area (Å²) in [6, 6.07) is 6.85. The van der Waals surface area contributed by atoms with Crippen molar-refractivity contribution in [3.05, 3.63) is 34.2 Å². The molecule has 100 valence electrons. The van der Waals surface area contributed by atoms with Gasteiger partial charge in [0.2, 0.25) is 0 Å². The predicted molar refractivity (Wildman–Crippen MR) is 81.0 cm³/mol. The molecule has 2 aliphatic rings. The van der Waals surface area contributed by atoms with Crippen LogP contribution in [0, 0.1) is 12.3 Å². The Hall–Kier alpha value is -0.860. The van der Waals surface area contributed by atoms with Gasteiger partial charge >= 0.3 is 0 Å². The lowest BCUT2D eigenvalue weighted by atomic mass is 9.69. The van der Waals surface area contributed by atoms with Crippen molar-refractivity contribution >= 4 is 21.4 Å². The molecule has 3 atom stereocenters. The van der Waals surface area contributed by atoms with Gasteiger partial charge in [0.15, 0.2) is 0 Å². The molecule has 1 aromatic carbocycles. The van der Waals surface area contributed by atoms with Crippen molar-refractivity contribution in [2.24, 2.45) is 5.41 Å². The average molecular weight is 272 g/mol. The first-order valence-electron chi connectivity index (χ1n) is 7.29. The highest BCUT2D eigenvalue weighted by atomic mass is 32.1. The maximum atomic E-state index is 10.3. The van der Waals surface area contributed by atoms with E-state index in [1.807, 2.05) is 11.3 Å². The van der Waals surface area contributed by atoms with Crippen LogP contribution in [0.5, 0.6) is 0 Å². The van der Waals surface area contributed by atoms with Crippen LogP contribution < -0.4 is 0 Å². The quantitative estimate of drug-likeness (QED) is 0.753. The highest BCUT2D eigenvalue weighted by Gasteiger charge is 2.49. The van der Waals surface area contributed by atoms with Gasteiger partial charge in [-0.2, -0.15) is 0 Å². The lowest BCUT2D eigenvalue weighted by Crippen LogP contribution is -2.34. The zero-order chi connectivity index (χ0) is 13.2. The van der Waals surface area contributed by atoms with Crippen LogP contribution >= 0.6 is 11.3 Å². The highest BCUT2D eigenvalue weighted by Crippen LogP contribution is 2.58. The molecule has 0 radical (unpaired) electrons. The Bertz CT molecular complexity index is 657. The molecule has 0 saturated heterocycles. The standard InChI is InChI=1S/C17H20OS/c1-10-3-4-11-12-7-8-17(2)13(5-6-15(17)18)16(12)19-14(11)9-10/h3-4,9,13,15,18H,5-8H2,1-2H3/t13-,15-,17-/m1/s1. The van der Waals surface area contributed by atoms with Crippen molar-refractivity contribution < 1.29 is 5.11 Å². The van der Waals surface area contributed by atoms with Gasteiger partial charge in [0.05, 0.1) is 6.10 Å². The second kappa shape index (κ2) is 3.83. The Kier molecular flexibility index (Phi) is 2.40. The number of aryl methyl sites for hydroxylation is 2. The number of thiophene rings is 1. The predicted octanol–water partition coefficient (Wildman–Crippen LogP) is 4.40. The van der Waals surface area contributed by atoms with Gasteiger partial charge in [-0.15, -0.1) is 11.3 Å². The van der Waals surface area contributed by atoms with E-state index in [-0.39, 0.29) is 11.5 Å². The third kappa shape index (κ3) is 1.50. The van der Waals surface area contributed by atoms with Gasteiger partial charge < -0.3 is 5.11 Å². The minimum absolute atomic E-state index is 0.0994. The van der Waals surface area contributed by atoms with Crippen molar-refractivity contribution in [1.82, 2.24) is 0 Å². The summed E-state index contributed by atoms with van der Waals surface area (Å²) in [7, 11) is 0. The van der Waals surface area contributed by atoms with E-state index in [1.165, 1.54) is 15.6 Å². The molecule has 0 bridgehead atoms. The average Bonchev–Trinajstić information content (AvgIpc) is 2.87. The Morgan fingerprint density at radius 2 is 2.16 bits per heavy atom. The van der Waals surface area contributed by atoms with E-state index in [9.17, 15) is 5.11 Å². The summed E-state index contributed by atoms with van der Waals surface area (Å²) in [5.74, 6) is 0.587. The maximum Gasteiger partial charge on any atom is 0.0600 e. The fourth-order valence-corrected chi connectivity index (χ4v) is 5.84. The molecular weight excluding hydrogens is 252 g/mol. The lowest BCUT2D eigenvalue weighted by Gasteiger charge is -2.38. The normalized spacial score (nSPS) is 33.4. The molecule has 1 N–H and O–H groups in total. The number of hydrogen-bond donors (Lipinski definition) is 1. The molecule has 2 aromatic rings. The van der Waals surface area contributed by atoms with Crippen LogP contribution in [0.2, 0.25) is 0 Å². The molecule has 1 nitrogen and oxygen atoms in total. The molecule has 1 saturated carbocycles. The Morgan fingerprint density at radius 1 is 1.32 bits per heavy atom. The number of aliphatic hydroxyl groups is 1. The first kappa shape index (κ1) is 11.9. The molecule has 19 heavy (non-hydrogen) atoms. The van der Waals surface area contributed by atoms with E-state index >= 15 is 0 Å². The number of rotatable bonds is 0. The zero-order valence-corrected chi connectivity index (χ0v) is 12.4. The molecule has 2 aliphatic carbocycles. The fourth-order valence-electron chi connectivity index (χ4n) is 4.20. The summed E-state index contributed by atoms with van der Waals surface area (Å²) in [6.07, 6.45) is 4.33. The van der Waals surface area contributed by atoms with Gasteiger partial charge in [-0.3, -0.25) is 0 Å². The fraction of sp³-hybridized carbons (Fsp3) is 0.529. The van der Waals surface area contributed by atoms with Crippen molar-refractivity contribution in [2.45, 2.75) is 51.6 Å². The largest absolute Gasteiger partial charge is 0.393 e. The summed E-state index contributed by atoms with van der Waals surface area (Å²) in [5, 5.41) is 11.8. The smallest absolute Gasteiger partial charge is 0.0600 e. The van der Waals surface area contributed by atoms with E-state index in [2.05, 4.69) is 32.0 Å². The van der Waals surface area contributed by atoms with Crippen LogP contribution in [0.3, 0.4) is 0 Å². The molecule has 0 unspecified atom stereocenters. The molecule has 1 aromatic heterocycles. The first-order chi connectivity index (χ1) is 9.09. The Morgan fingerprint density at radius 3 is 3.00 bits per heavy atom. The maximum absolute atomic E-state index is 10.3. The van der Waals surface area contributed by atoms with E-state index in [0.717, 1.165) is 25.7 Å². The van der Waals surface area contributed by atoms with E-state index in [0.29, 0.717) is 5.92 Å². The number of fused-ring (bicyclic) bond motifs is 5. The second-order valence-electron chi connectivity index (χ2n) is 6.60. The molecule has 0 aliphatic heterocycles. The van der Waals surface area contributed by atoms with E-state index in [1.54, 1.807) is 10.4 Å². The van der Waals surface area contributed by atoms with Crippen LogP contribution in [0.25, 0.3) is 10.1 Å². The van der Waals surface area contributed by atoms with E-state index < -0.39 is 0 Å². The van der Waals surface area contributed by atoms with Gasteiger partial charge in [0, 0.05) is 20.9 Å². The third-order valence-electron chi connectivity index (χ3n) is 5.50. The number of benzene rings is 1. The summed E-state index contributed by atoms with van der Waals surface area (Å²) >= 11 is 1.98. The SMILES string of the molecule is Cc1ccc2c3c(sc2c1)[C@H]1CC[C@@H](O)[C@]1(C)CC3. The number of aliphatic hydroxyl groups excluding tert-OH is 1. The molecule has 0 spiro atoms. The van der Waals surface area contributed by atoms with Gasteiger partial charge in [-0.05, 0) is 55.2 Å². The van der Waals surface area contributed by atoms with Crippen LogP contribution in [-0.4, -0.2) is 11.2 Å². The Labute approximate surface area is 118 Å². The first-order valence-corrected chi connectivity index (χ1v) is 8.11. The summed E-state index contributed by atoms with van der Waals surface area (Å²) in [6.45, 7) is 4.47. The Balaban J connectivity index is 1.93. The minimum atomic E-state index is -0.0994. The molecule has 2 heteroatoms. The van der Waals surface area contributed by atoms with Crippen molar-refractivity contribution in [1.29, 1.82) is 0 Å². The topological polar surface area (TPSA) is 20.2 Å². The molecular formula is C17H20OS. The van der Waals surface area contributed by atoms with Crippen LogP contribution in [0.1, 0.15) is 48.1 Å². The molecule has 4 rings (SSSR count). The second-order valence-corrected chi connectivity index (χ2v) is 7.68. The van der Waals surface area contributed by atoms with Gasteiger partial charge in [-0.25, -0.2) is 0 Å². The van der Waals surface area contributed by atoms with Crippen molar-refractivity contribution in [3.8, 4) is 0 Å². The van der Waals surface area contributed by atoms with Gasteiger partial charge in [0.25, 0.3) is 0 Å². The van der Waals surface area contributed by atoms with Gasteiger partial charge in [-0.1, -0.05) is 19.1 Å². The molecule has 1 heterocycles. The van der Waals surface area contributed by atoms with Crippen molar-refractivity contribution in [2.75, 3.05) is 0 Å². The summed E-state index contributed by atoms with van der Waals surface area (Å²) in [5.41, 5.74) is 3.06. The van der Waals surface area contributed by atoms with Gasteiger partial charge in [0.1, 0.15) is 0 Å². The highest BCUT2D eigenvalue weighted by molar-refractivity contribution is 7.19. The van der Waals surface area contributed by atoms with Crippen molar-refractivity contribution in [3.63, 3.8) is 0 Å². The monoisotopic (exact) mass is 272 g/mol. The molecule has 0 amide bonds. The van der Waals surface area contributed by atoms with Crippen LogP contribution in [0.4, 0.5) is 0 Å². The summed E-state index contributed by atoms with van der Waals surface area (Å²) in [4.78, 5) is 1.57. The number of hydrogen-bond acceptors (Lipinski definition) is 2. The summed E-state index contributed by atoms with van der Waals surface area (Å²) < 4.78 is 1.44. The zero-order valence-electron chi connectivity index (χ0n) is 11.6. The van der Waals surface area contributed by atoms with Crippen LogP contribution in [0.15, 0.2) is 18.2 Å². The van der Waals surface area contributed by atoms with Crippen LogP contribution in [-0.2, 0) is 6.42 Å².